The van der Waals surface area contributed by atoms with Crippen molar-refractivity contribution in [3.05, 3.63) is 24.3 Å². The van der Waals surface area contributed by atoms with E-state index in [9.17, 15) is 0 Å². The fourth-order valence-electron chi connectivity index (χ4n) is 1.86. The van der Waals surface area contributed by atoms with Crippen LogP contribution in [0, 0.1) is 0 Å². The van der Waals surface area contributed by atoms with E-state index in [1.807, 2.05) is 29.2 Å². The van der Waals surface area contributed by atoms with Crippen LogP contribution >= 0.6 is 0 Å². The van der Waals surface area contributed by atoms with Crippen molar-refractivity contribution in [2.24, 2.45) is 0 Å². The molecule has 0 saturated heterocycles. The maximum atomic E-state index is 5.64. The van der Waals surface area contributed by atoms with Gasteiger partial charge in [-0.1, -0.05) is 22.3 Å². The number of fused-ring (bicyclic) bond motifs is 1. The number of nitrogens with two attached hydrogens (primary N) is 1. The number of nitrogens with zero attached hydrogens (tertiary/aromatic N) is 3. The summed E-state index contributed by atoms with van der Waals surface area (Å²) in [5.74, 6) is 0.821. The first-order valence-electron chi connectivity index (χ1n) is 5.43. The summed E-state index contributed by atoms with van der Waals surface area (Å²) in [5.41, 5.74) is 6.37. The molecule has 0 amide bonds. The number of ether oxygens (including phenoxy) is 1. The molecule has 0 spiro atoms. The van der Waals surface area contributed by atoms with Gasteiger partial charge in [0.05, 0.1) is 12.3 Å². The summed E-state index contributed by atoms with van der Waals surface area (Å²) < 4.78 is 10.9. The van der Waals surface area contributed by atoms with Gasteiger partial charge < -0.3 is 14.9 Å². The van der Waals surface area contributed by atoms with Gasteiger partial charge in [-0.2, -0.15) is 0 Å². The molecule has 6 nitrogen and oxygen atoms in total. The lowest BCUT2D eigenvalue weighted by Gasteiger charge is -2.18. The summed E-state index contributed by atoms with van der Waals surface area (Å²) >= 11 is 0. The Kier molecular flexibility index (Phi) is 2.32. The van der Waals surface area contributed by atoms with Gasteiger partial charge in [0.1, 0.15) is 5.75 Å². The van der Waals surface area contributed by atoms with Crippen molar-refractivity contribution in [2.75, 3.05) is 23.8 Å². The van der Waals surface area contributed by atoms with E-state index in [1.165, 1.54) is 0 Å². The van der Waals surface area contributed by atoms with E-state index in [-0.39, 0.29) is 6.01 Å². The quantitative estimate of drug-likeness (QED) is 0.804. The van der Waals surface area contributed by atoms with E-state index < -0.39 is 0 Å². The second-order valence-corrected chi connectivity index (χ2v) is 3.74. The Bertz CT molecular complexity index is 526. The molecular weight excluding hydrogens is 220 g/mol. The molecule has 6 heteroatoms. The summed E-state index contributed by atoms with van der Waals surface area (Å²) in [4.78, 5) is 1.92. The van der Waals surface area contributed by atoms with Crippen LogP contribution in [0.5, 0.6) is 5.75 Å². The molecule has 1 aromatic carbocycles. The Morgan fingerprint density at radius 2 is 2.12 bits per heavy atom. The molecule has 3 rings (SSSR count). The summed E-state index contributed by atoms with van der Waals surface area (Å²) in [6.07, 6.45) is 0.886. The highest BCUT2D eigenvalue weighted by atomic mass is 16.5. The molecule has 0 bridgehead atoms. The molecule has 1 aliphatic rings. The minimum Gasteiger partial charge on any atom is -0.491 e. The maximum absolute atomic E-state index is 5.64. The first-order valence-corrected chi connectivity index (χ1v) is 5.43. The second-order valence-electron chi connectivity index (χ2n) is 3.74. The van der Waals surface area contributed by atoms with E-state index >= 15 is 0 Å². The van der Waals surface area contributed by atoms with Crippen LogP contribution in [0.15, 0.2) is 28.7 Å². The molecule has 0 fully saturated rings. The molecule has 17 heavy (non-hydrogen) atoms. The summed E-state index contributed by atoms with van der Waals surface area (Å²) in [6.45, 7) is 1.44. The minimum atomic E-state index is 0.0719. The normalized spacial score (nSPS) is 14.9. The van der Waals surface area contributed by atoms with Crippen LogP contribution in [0.3, 0.4) is 0 Å². The fraction of sp³-hybridized carbons (Fsp3) is 0.273. The van der Waals surface area contributed by atoms with Crippen LogP contribution < -0.4 is 15.4 Å². The second kappa shape index (κ2) is 3.97. The largest absolute Gasteiger partial charge is 0.491 e. The Balaban J connectivity index is 2.05. The summed E-state index contributed by atoms with van der Waals surface area (Å²) in [5, 5.41) is 7.58. The lowest BCUT2D eigenvalue weighted by Crippen LogP contribution is -2.17. The number of benzene rings is 1. The van der Waals surface area contributed by atoms with Gasteiger partial charge in [-0.25, -0.2) is 0 Å². The summed E-state index contributed by atoms with van der Waals surface area (Å²) in [7, 11) is 0. The first kappa shape index (κ1) is 9.95. The average molecular weight is 232 g/mol. The van der Waals surface area contributed by atoms with Crippen LogP contribution in [0.25, 0.3) is 0 Å². The van der Waals surface area contributed by atoms with E-state index in [0.29, 0.717) is 12.6 Å². The predicted octanol–water partition coefficient (Wildman–Crippen LogP) is 1.57. The Morgan fingerprint density at radius 3 is 2.94 bits per heavy atom. The molecule has 2 heterocycles. The predicted molar refractivity (Wildman–Crippen MR) is 62.3 cm³/mol. The standard InChI is InChI=1S/C11H12N4O2/c12-10-13-14-11(17-10)15-6-3-7-16-9-5-2-1-4-8(9)15/h1-2,4-5H,3,6-7H2,(H2,12,13). The van der Waals surface area contributed by atoms with Gasteiger partial charge in [0.15, 0.2) is 0 Å². The number of anilines is 3. The van der Waals surface area contributed by atoms with E-state index in [2.05, 4.69) is 10.2 Å². The van der Waals surface area contributed by atoms with Crippen LogP contribution in [0.1, 0.15) is 6.42 Å². The molecule has 1 aromatic heterocycles. The van der Waals surface area contributed by atoms with Gasteiger partial charge in [-0.3, -0.25) is 4.90 Å². The monoisotopic (exact) mass is 232 g/mol. The van der Waals surface area contributed by atoms with Crippen molar-refractivity contribution in [3.8, 4) is 5.75 Å². The summed E-state index contributed by atoms with van der Waals surface area (Å²) in [6, 6.07) is 8.24. The SMILES string of the molecule is Nc1nnc(N2CCCOc3ccccc32)o1. The zero-order chi connectivity index (χ0) is 11.7. The number of para-hydroxylation sites is 2. The van der Waals surface area contributed by atoms with Gasteiger partial charge in [-0.05, 0) is 18.6 Å². The molecule has 0 saturated carbocycles. The topological polar surface area (TPSA) is 77.4 Å². The zero-order valence-electron chi connectivity index (χ0n) is 9.17. The zero-order valence-corrected chi connectivity index (χ0v) is 9.17. The van der Waals surface area contributed by atoms with Crippen molar-refractivity contribution in [1.29, 1.82) is 0 Å². The molecule has 2 aromatic rings. The van der Waals surface area contributed by atoms with E-state index in [1.54, 1.807) is 0 Å². The third-order valence-corrected chi connectivity index (χ3v) is 2.60. The number of aromatic nitrogens is 2. The molecule has 0 atom stereocenters. The van der Waals surface area contributed by atoms with Gasteiger partial charge in [-0.15, -0.1) is 0 Å². The van der Waals surface area contributed by atoms with Crippen LogP contribution in [-0.2, 0) is 0 Å². The molecule has 2 N–H and O–H groups in total. The number of nitrogen functional groups attached to an aromatic ring is 1. The van der Waals surface area contributed by atoms with Crippen LogP contribution in [0.2, 0.25) is 0 Å². The third kappa shape index (κ3) is 1.77. The average Bonchev–Trinajstić information content (AvgIpc) is 2.66. The number of hydrogen-bond acceptors (Lipinski definition) is 6. The maximum Gasteiger partial charge on any atom is 0.324 e. The number of rotatable bonds is 1. The van der Waals surface area contributed by atoms with Crippen molar-refractivity contribution in [3.63, 3.8) is 0 Å². The smallest absolute Gasteiger partial charge is 0.324 e. The van der Waals surface area contributed by atoms with Gasteiger partial charge in [0.25, 0.3) is 0 Å². The molecule has 1 aliphatic heterocycles. The van der Waals surface area contributed by atoms with Crippen molar-refractivity contribution in [2.45, 2.75) is 6.42 Å². The van der Waals surface area contributed by atoms with Crippen molar-refractivity contribution < 1.29 is 9.15 Å². The van der Waals surface area contributed by atoms with Gasteiger partial charge >= 0.3 is 12.0 Å². The highest BCUT2D eigenvalue weighted by molar-refractivity contribution is 5.65. The fourth-order valence-corrected chi connectivity index (χ4v) is 1.86. The van der Waals surface area contributed by atoms with Crippen LogP contribution in [0.4, 0.5) is 17.7 Å². The van der Waals surface area contributed by atoms with E-state index in [4.69, 9.17) is 14.9 Å². The highest BCUT2D eigenvalue weighted by Gasteiger charge is 2.21. The van der Waals surface area contributed by atoms with Gasteiger partial charge in [0, 0.05) is 6.54 Å². The lowest BCUT2D eigenvalue weighted by atomic mass is 10.2. The Morgan fingerprint density at radius 1 is 1.24 bits per heavy atom. The Hall–Kier alpha value is -2.24. The molecule has 0 aliphatic carbocycles. The first-order chi connectivity index (χ1) is 8.34. The minimum absolute atomic E-state index is 0.0719. The molecule has 0 radical (unpaired) electrons. The lowest BCUT2D eigenvalue weighted by molar-refractivity contribution is 0.322. The van der Waals surface area contributed by atoms with Crippen LogP contribution in [-0.4, -0.2) is 23.3 Å². The number of hydrogen-bond donors (Lipinski definition) is 1. The Labute approximate surface area is 98.0 Å². The van der Waals surface area contributed by atoms with Crippen molar-refractivity contribution >= 4 is 17.7 Å². The molecule has 0 unspecified atom stereocenters. The molecule has 88 valence electrons. The highest BCUT2D eigenvalue weighted by Crippen LogP contribution is 2.35. The molecular formula is C11H12N4O2. The van der Waals surface area contributed by atoms with E-state index in [0.717, 1.165) is 24.4 Å². The van der Waals surface area contributed by atoms with Crippen molar-refractivity contribution in [1.82, 2.24) is 10.2 Å². The van der Waals surface area contributed by atoms with Gasteiger partial charge in [0.2, 0.25) is 0 Å². The third-order valence-electron chi connectivity index (χ3n) is 2.60.